The Bertz CT molecular complexity index is 540. The Morgan fingerprint density at radius 3 is 2.60 bits per heavy atom. The topological polar surface area (TPSA) is 89.9 Å². The fourth-order valence-electron chi connectivity index (χ4n) is 2.08. The van der Waals surface area contributed by atoms with Gasteiger partial charge in [0.15, 0.2) is 0 Å². The van der Waals surface area contributed by atoms with Crippen LogP contribution in [0, 0.1) is 5.92 Å². The molecule has 0 aliphatic heterocycles. The van der Waals surface area contributed by atoms with Gasteiger partial charge in [-0.1, -0.05) is 0 Å². The molecule has 1 fully saturated rings. The van der Waals surface area contributed by atoms with Crippen molar-refractivity contribution in [2.75, 3.05) is 12.4 Å². The van der Waals surface area contributed by atoms with Crippen LogP contribution in [0.4, 0.5) is 10.5 Å². The Morgan fingerprint density at radius 2 is 2.05 bits per heavy atom. The van der Waals surface area contributed by atoms with Crippen molar-refractivity contribution in [2.45, 2.75) is 25.8 Å². The number of aromatic hydroxyl groups is 1. The number of carbonyl (C=O) groups is 2. The molecule has 3 N–H and O–H groups in total. The molecule has 0 saturated heterocycles. The maximum absolute atomic E-state index is 12.1. The van der Waals surface area contributed by atoms with Gasteiger partial charge in [0, 0.05) is 18.8 Å². The van der Waals surface area contributed by atoms with Crippen molar-refractivity contribution >= 4 is 17.7 Å². The number of nitrogens with zero attached hydrogens (tertiary/aromatic N) is 1. The van der Waals surface area contributed by atoms with Crippen molar-refractivity contribution in [2.24, 2.45) is 5.92 Å². The van der Waals surface area contributed by atoms with Gasteiger partial charge >= 0.3 is 12.0 Å². The third-order valence-electron chi connectivity index (χ3n) is 3.71. The summed E-state index contributed by atoms with van der Waals surface area (Å²) in [5.74, 6) is -1.01. The van der Waals surface area contributed by atoms with Crippen LogP contribution in [0.5, 0.6) is 5.75 Å². The number of rotatable bonds is 4. The van der Waals surface area contributed by atoms with Crippen molar-refractivity contribution in [1.29, 1.82) is 0 Å². The van der Waals surface area contributed by atoms with Crippen LogP contribution in [0.15, 0.2) is 18.2 Å². The molecule has 6 nitrogen and oxygen atoms in total. The van der Waals surface area contributed by atoms with Crippen LogP contribution < -0.4 is 5.32 Å². The summed E-state index contributed by atoms with van der Waals surface area (Å²) in [6.45, 7) is 2.00. The minimum absolute atomic E-state index is 0.158. The lowest BCUT2D eigenvalue weighted by Crippen LogP contribution is -2.39. The third-order valence-corrected chi connectivity index (χ3v) is 3.71. The number of aromatic carboxylic acids is 1. The molecule has 20 heavy (non-hydrogen) atoms. The SMILES string of the molecule is CC(C1CC1)N(C)C(=O)Nc1ccc(O)c(C(=O)O)c1. The van der Waals surface area contributed by atoms with Crippen molar-refractivity contribution < 1.29 is 19.8 Å². The molecule has 1 aliphatic carbocycles. The molecule has 1 aromatic carbocycles. The van der Waals surface area contributed by atoms with Crippen LogP contribution in [-0.2, 0) is 0 Å². The zero-order valence-electron chi connectivity index (χ0n) is 11.5. The molecule has 1 unspecified atom stereocenters. The lowest BCUT2D eigenvalue weighted by atomic mass is 10.1. The number of benzene rings is 1. The molecule has 0 heterocycles. The second kappa shape index (κ2) is 5.40. The number of carboxylic acid groups (broad SMARTS) is 1. The van der Waals surface area contributed by atoms with Gasteiger partial charge in [-0.25, -0.2) is 9.59 Å². The van der Waals surface area contributed by atoms with Gasteiger partial charge in [0.25, 0.3) is 0 Å². The van der Waals surface area contributed by atoms with Gasteiger partial charge in [-0.05, 0) is 43.9 Å². The Morgan fingerprint density at radius 1 is 1.40 bits per heavy atom. The van der Waals surface area contributed by atoms with Gasteiger partial charge in [0.2, 0.25) is 0 Å². The Balaban J connectivity index is 2.07. The third kappa shape index (κ3) is 3.01. The highest BCUT2D eigenvalue weighted by Gasteiger charge is 2.32. The molecule has 0 spiro atoms. The van der Waals surface area contributed by atoms with Crippen LogP contribution >= 0.6 is 0 Å². The molecule has 6 heteroatoms. The van der Waals surface area contributed by atoms with E-state index in [4.69, 9.17) is 5.11 Å². The summed E-state index contributed by atoms with van der Waals surface area (Å²) in [6, 6.07) is 3.83. The molecule has 0 bridgehead atoms. The van der Waals surface area contributed by atoms with E-state index in [1.54, 1.807) is 11.9 Å². The van der Waals surface area contributed by atoms with Gasteiger partial charge in [0.1, 0.15) is 11.3 Å². The number of phenols is 1. The molecule has 1 aromatic rings. The second-order valence-corrected chi connectivity index (χ2v) is 5.16. The van der Waals surface area contributed by atoms with E-state index in [-0.39, 0.29) is 23.4 Å². The van der Waals surface area contributed by atoms with E-state index >= 15 is 0 Å². The number of amides is 2. The summed E-state index contributed by atoms with van der Waals surface area (Å²) < 4.78 is 0. The zero-order valence-corrected chi connectivity index (χ0v) is 11.5. The first kappa shape index (κ1) is 14.2. The molecule has 1 atom stereocenters. The van der Waals surface area contributed by atoms with Crippen LogP contribution in [0.3, 0.4) is 0 Å². The number of anilines is 1. The van der Waals surface area contributed by atoms with E-state index in [1.807, 2.05) is 6.92 Å². The van der Waals surface area contributed by atoms with Gasteiger partial charge in [-0.15, -0.1) is 0 Å². The van der Waals surface area contributed by atoms with E-state index in [1.165, 1.54) is 18.2 Å². The molecule has 2 amide bonds. The molecule has 1 saturated carbocycles. The van der Waals surface area contributed by atoms with Gasteiger partial charge < -0.3 is 20.4 Å². The molecule has 108 valence electrons. The maximum Gasteiger partial charge on any atom is 0.339 e. The predicted octanol–water partition coefficient (Wildman–Crippen LogP) is 2.35. The monoisotopic (exact) mass is 278 g/mol. The number of hydrogen-bond acceptors (Lipinski definition) is 3. The fourth-order valence-corrected chi connectivity index (χ4v) is 2.08. The Kier molecular flexibility index (Phi) is 3.83. The first-order valence-corrected chi connectivity index (χ1v) is 6.50. The number of hydrogen-bond donors (Lipinski definition) is 3. The molecule has 1 aliphatic rings. The Hall–Kier alpha value is -2.24. The molecular formula is C14H18N2O4. The van der Waals surface area contributed by atoms with Crippen molar-refractivity contribution in [3.63, 3.8) is 0 Å². The van der Waals surface area contributed by atoms with Crippen LogP contribution in [0.2, 0.25) is 0 Å². The Labute approximate surface area is 117 Å². The van der Waals surface area contributed by atoms with E-state index in [2.05, 4.69) is 5.32 Å². The summed E-state index contributed by atoms with van der Waals surface area (Å²) in [5, 5.41) is 21.0. The van der Waals surface area contributed by atoms with E-state index in [9.17, 15) is 14.7 Å². The van der Waals surface area contributed by atoms with Crippen LogP contribution in [0.1, 0.15) is 30.1 Å². The van der Waals surface area contributed by atoms with E-state index in [0.29, 0.717) is 11.6 Å². The molecule has 2 rings (SSSR count). The summed E-state index contributed by atoms with van der Waals surface area (Å²) >= 11 is 0. The van der Waals surface area contributed by atoms with Crippen LogP contribution in [0.25, 0.3) is 0 Å². The first-order valence-electron chi connectivity index (χ1n) is 6.50. The van der Waals surface area contributed by atoms with E-state index in [0.717, 1.165) is 12.8 Å². The summed E-state index contributed by atoms with van der Waals surface area (Å²) in [7, 11) is 1.72. The predicted molar refractivity (Wildman–Crippen MR) is 74.0 cm³/mol. The first-order chi connectivity index (χ1) is 9.40. The zero-order chi connectivity index (χ0) is 14.9. The number of carbonyl (C=O) groups excluding carboxylic acids is 1. The van der Waals surface area contributed by atoms with Crippen molar-refractivity contribution in [1.82, 2.24) is 4.90 Å². The normalized spacial score (nSPS) is 15.5. The number of carboxylic acids is 1. The molecular weight excluding hydrogens is 260 g/mol. The lowest BCUT2D eigenvalue weighted by Gasteiger charge is -2.25. The summed E-state index contributed by atoms with van der Waals surface area (Å²) in [5.41, 5.74) is 0.112. The smallest absolute Gasteiger partial charge is 0.339 e. The van der Waals surface area contributed by atoms with Crippen molar-refractivity contribution in [3.8, 4) is 5.75 Å². The average molecular weight is 278 g/mol. The van der Waals surface area contributed by atoms with Gasteiger partial charge in [0.05, 0.1) is 0 Å². The van der Waals surface area contributed by atoms with Gasteiger partial charge in [-0.3, -0.25) is 0 Å². The average Bonchev–Trinajstić information content (AvgIpc) is 3.23. The number of nitrogens with one attached hydrogen (secondary N) is 1. The second-order valence-electron chi connectivity index (χ2n) is 5.16. The fraction of sp³-hybridized carbons (Fsp3) is 0.429. The van der Waals surface area contributed by atoms with Crippen molar-refractivity contribution in [3.05, 3.63) is 23.8 Å². The lowest BCUT2D eigenvalue weighted by molar-refractivity contribution is 0.0693. The highest BCUT2D eigenvalue weighted by Crippen LogP contribution is 2.34. The quantitative estimate of drug-likeness (QED) is 0.737. The minimum atomic E-state index is -1.24. The molecule has 0 radical (unpaired) electrons. The highest BCUT2D eigenvalue weighted by molar-refractivity contribution is 5.95. The molecule has 0 aromatic heterocycles. The standard InChI is InChI=1S/C14H18N2O4/c1-8(9-3-4-9)16(2)14(20)15-10-5-6-12(17)11(7-10)13(18)19/h5-9,17H,3-4H2,1-2H3,(H,15,20)(H,18,19). The maximum atomic E-state index is 12.1. The van der Waals surface area contributed by atoms with Gasteiger partial charge in [-0.2, -0.15) is 0 Å². The number of urea groups is 1. The summed E-state index contributed by atoms with van der Waals surface area (Å²) in [6.07, 6.45) is 2.28. The van der Waals surface area contributed by atoms with E-state index < -0.39 is 5.97 Å². The highest BCUT2D eigenvalue weighted by atomic mass is 16.4. The minimum Gasteiger partial charge on any atom is -0.507 e. The largest absolute Gasteiger partial charge is 0.507 e. The summed E-state index contributed by atoms with van der Waals surface area (Å²) in [4.78, 5) is 24.6. The van der Waals surface area contributed by atoms with Crippen LogP contribution in [-0.4, -0.2) is 40.2 Å².